The first-order valence-electron chi connectivity index (χ1n) is 5.85. The summed E-state index contributed by atoms with van der Waals surface area (Å²) in [6.07, 6.45) is 1.15. The van der Waals surface area contributed by atoms with E-state index in [1.165, 1.54) is 12.1 Å². The molecule has 1 fully saturated rings. The third kappa shape index (κ3) is 3.19. The van der Waals surface area contributed by atoms with Gasteiger partial charge in [0.15, 0.2) is 11.5 Å². The molecule has 0 spiro atoms. The van der Waals surface area contributed by atoms with Crippen LogP contribution in [0.25, 0.3) is 0 Å². The van der Waals surface area contributed by atoms with E-state index >= 15 is 0 Å². The zero-order chi connectivity index (χ0) is 13.8. The van der Waals surface area contributed by atoms with Crippen LogP contribution in [0.4, 0.5) is 5.69 Å². The minimum absolute atomic E-state index is 0.0675. The molecule has 1 N–H and O–H groups in total. The maximum absolute atomic E-state index is 11.8. The highest BCUT2D eigenvalue weighted by Gasteiger charge is 2.24. The first-order chi connectivity index (χ1) is 9.08. The molecule has 1 aliphatic rings. The Hall–Kier alpha value is -2.15. The van der Waals surface area contributed by atoms with E-state index in [1.54, 1.807) is 0 Å². The van der Waals surface area contributed by atoms with Crippen LogP contribution in [-0.4, -0.2) is 29.2 Å². The first kappa shape index (κ1) is 13.3. The predicted molar refractivity (Wildman–Crippen MR) is 63.9 cm³/mol. The number of benzene rings is 1. The van der Waals surface area contributed by atoms with E-state index in [1.807, 2.05) is 0 Å². The van der Waals surface area contributed by atoms with Gasteiger partial charge in [-0.25, -0.2) is 0 Å². The lowest BCUT2D eigenvalue weighted by molar-refractivity contribution is -0.385. The monoisotopic (exact) mass is 267 g/mol. The van der Waals surface area contributed by atoms with E-state index in [4.69, 9.17) is 9.47 Å². The van der Waals surface area contributed by atoms with Crippen molar-refractivity contribution in [2.24, 2.45) is 5.92 Å². The van der Waals surface area contributed by atoms with Gasteiger partial charge in [-0.15, -0.1) is 0 Å². The molecular weight excluding hydrogens is 254 g/mol. The number of nitrogens with zero attached hydrogens (tertiary/aromatic N) is 1. The number of carbonyl (C=O) groups excluding carboxylic acids is 1. The summed E-state index contributed by atoms with van der Waals surface area (Å²) in [6, 6.07) is 3.34. The fourth-order valence-electron chi connectivity index (χ4n) is 1.83. The summed E-state index contributed by atoms with van der Waals surface area (Å²) in [5, 5.41) is 20.1. The number of esters is 1. The van der Waals surface area contributed by atoms with E-state index < -0.39 is 16.6 Å². The molecule has 102 valence electrons. The second-order valence-corrected chi connectivity index (χ2v) is 4.22. The zero-order valence-corrected chi connectivity index (χ0v) is 10.1. The van der Waals surface area contributed by atoms with Crippen molar-refractivity contribution < 1.29 is 24.3 Å². The van der Waals surface area contributed by atoms with E-state index in [0.717, 1.165) is 6.07 Å². The minimum atomic E-state index is -0.635. The summed E-state index contributed by atoms with van der Waals surface area (Å²) < 4.78 is 10.2. The molecule has 0 aromatic heterocycles. The number of rotatable bonds is 3. The Morgan fingerprint density at radius 3 is 2.68 bits per heavy atom. The maximum Gasteiger partial charge on any atom is 0.314 e. The molecule has 1 heterocycles. The summed E-state index contributed by atoms with van der Waals surface area (Å²) in [7, 11) is 0. The molecule has 0 aliphatic carbocycles. The lowest BCUT2D eigenvalue weighted by atomic mass is 10.0. The SMILES string of the molecule is O=C(Oc1ccc([N+](=O)[O-])cc1O)C1CCOCC1. The van der Waals surface area contributed by atoms with Crippen molar-refractivity contribution >= 4 is 11.7 Å². The van der Waals surface area contributed by atoms with Crippen LogP contribution in [0.15, 0.2) is 18.2 Å². The first-order valence-corrected chi connectivity index (χ1v) is 5.85. The Labute approximate surface area is 108 Å². The number of carbonyl (C=O) groups is 1. The molecule has 0 atom stereocenters. The van der Waals surface area contributed by atoms with Crippen LogP contribution >= 0.6 is 0 Å². The summed E-state index contributed by atoms with van der Waals surface area (Å²) in [5.41, 5.74) is -0.261. The maximum atomic E-state index is 11.8. The van der Waals surface area contributed by atoms with Gasteiger partial charge in [-0.2, -0.15) is 0 Å². The van der Waals surface area contributed by atoms with Crippen LogP contribution in [0.1, 0.15) is 12.8 Å². The van der Waals surface area contributed by atoms with Gasteiger partial charge in [-0.05, 0) is 18.9 Å². The van der Waals surface area contributed by atoms with Gasteiger partial charge in [-0.3, -0.25) is 14.9 Å². The predicted octanol–water partition coefficient (Wildman–Crippen LogP) is 1.63. The van der Waals surface area contributed by atoms with Crippen molar-refractivity contribution in [1.82, 2.24) is 0 Å². The average molecular weight is 267 g/mol. The van der Waals surface area contributed by atoms with Crippen molar-refractivity contribution in [3.05, 3.63) is 28.3 Å². The lowest BCUT2D eigenvalue weighted by Gasteiger charge is -2.20. The average Bonchev–Trinajstić information content (AvgIpc) is 2.41. The fraction of sp³-hybridized carbons (Fsp3) is 0.417. The Morgan fingerprint density at radius 1 is 1.42 bits per heavy atom. The Kier molecular flexibility index (Phi) is 3.96. The fourth-order valence-corrected chi connectivity index (χ4v) is 1.83. The lowest BCUT2D eigenvalue weighted by Crippen LogP contribution is -2.27. The Balaban J connectivity index is 2.06. The van der Waals surface area contributed by atoms with Crippen LogP contribution in [0.5, 0.6) is 11.5 Å². The largest absolute Gasteiger partial charge is 0.504 e. The van der Waals surface area contributed by atoms with E-state index in [2.05, 4.69) is 0 Å². The van der Waals surface area contributed by atoms with Gasteiger partial charge in [0.2, 0.25) is 0 Å². The summed E-state index contributed by atoms with van der Waals surface area (Å²) in [6.45, 7) is 1.01. The van der Waals surface area contributed by atoms with E-state index in [-0.39, 0.29) is 17.4 Å². The van der Waals surface area contributed by atoms with Crippen LogP contribution < -0.4 is 4.74 Å². The second-order valence-electron chi connectivity index (χ2n) is 4.22. The van der Waals surface area contributed by atoms with Crippen molar-refractivity contribution in [3.8, 4) is 11.5 Å². The number of non-ortho nitro benzene ring substituents is 1. The summed E-state index contributed by atoms with van der Waals surface area (Å²) in [5.74, 6) is -1.20. The Morgan fingerprint density at radius 2 is 2.11 bits per heavy atom. The number of hydrogen-bond donors (Lipinski definition) is 1. The number of ether oxygens (including phenoxy) is 2. The molecule has 0 amide bonds. The van der Waals surface area contributed by atoms with Crippen molar-refractivity contribution in [1.29, 1.82) is 0 Å². The molecular formula is C12H13NO6. The van der Waals surface area contributed by atoms with Gasteiger partial charge in [-0.1, -0.05) is 0 Å². The molecule has 19 heavy (non-hydrogen) atoms. The highest BCUT2D eigenvalue weighted by atomic mass is 16.6. The van der Waals surface area contributed by atoms with Gasteiger partial charge in [0.1, 0.15) is 0 Å². The van der Waals surface area contributed by atoms with Gasteiger partial charge >= 0.3 is 5.97 Å². The third-order valence-electron chi connectivity index (χ3n) is 2.92. The van der Waals surface area contributed by atoms with Crippen molar-refractivity contribution in [3.63, 3.8) is 0 Å². The molecule has 1 aromatic rings. The molecule has 0 bridgehead atoms. The number of nitro benzene ring substituents is 1. The van der Waals surface area contributed by atoms with Crippen LogP contribution in [0.3, 0.4) is 0 Å². The molecule has 0 radical (unpaired) electrons. The smallest absolute Gasteiger partial charge is 0.314 e. The second kappa shape index (κ2) is 5.66. The van der Waals surface area contributed by atoms with Gasteiger partial charge < -0.3 is 14.6 Å². The zero-order valence-electron chi connectivity index (χ0n) is 10.1. The van der Waals surface area contributed by atoms with Crippen LogP contribution in [0.2, 0.25) is 0 Å². The minimum Gasteiger partial charge on any atom is -0.504 e. The quantitative estimate of drug-likeness (QED) is 0.387. The number of nitro groups is 1. The van der Waals surface area contributed by atoms with Crippen LogP contribution in [0, 0.1) is 16.0 Å². The van der Waals surface area contributed by atoms with Crippen LogP contribution in [-0.2, 0) is 9.53 Å². The van der Waals surface area contributed by atoms with Crippen molar-refractivity contribution in [2.75, 3.05) is 13.2 Å². The highest BCUT2D eigenvalue weighted by molar-refractivity contribution is 5.76. The highest BCUT2D eigenvalue weighted by Crippen LogP contribution is 2.31. The molecule has 1 saturated heterocycles. The summed E-state index contributed by atoms with van der Waals surface area (Å²) in [4.78, 5) is 21.7. The molecule has 7 heteroatoms. The molecule has 1 aliphatic heterocycles. The normalized spacial score (nSPS) is 16.0. The molecule has 7 nitrogen and oxygen atoms in total. The van der Waals surface area contributed by atoms with E-state index in [0.29, 0.717) is 26.1 Å². The Bertz CT molecular complexity index is 495. The molecule has 2 rings (SSSR count). The van der Waals surface area contributed by atoms with Gasteiger partial charge in [0, 0.05) is 19.3 Å². The number of aromatic hydroxyl groups is 1. The van der Waals surface area contributed by atoms with Crippen molar-refractivity contribution in [2.45, 2.75) is 12.8 Å². The van der Waals surface area contributed by atoms with E-state index in [9.17, 15) is 20.0 Å². The molecule has 1 aromatic carbocycles. The standard InChI is InChI=1S/C12H13NO6/c14-10-7-9(13(16)17)1-2-11(10)19-12(15)8-3-5-18-6-4-8/h1-2,7-8,14H,3-6H2. The van der Waals surface area contributed by atoms with Gasteiger partial charge in [0.25, 0.3) is 5.69 Å². The molecule has 0 unspecified atom stereocenters. The topological polar surface area (TPSA) is 98.9 Å². The number of phenolic OH excluding ortho intramolecular Hbond substituents is 1. The van der Waals surface area contributed by atoms with Gasteiger partial charge in [0.05, 0.1) is 16.9 Å². The summed E-state index contributed by atoms with van der Waals surface area (Å²) >= 11 is 0. The number of hydrogen-bond acceptors (Lipinski definition) is 6. The molecule has 0 saturated carbocycles. The number of phenols is 1. The third-order valence-corrected chi connectivity index (χ3v) is 2.92.